The highest BCUT2D eigenvalue weighted by Crippen LogP contribution is 1.97. The van der Waals surface area contributed by atoms with E-state index in [4.69, 9.17) is 0 Å². The van der Waals surface area contributed by atoms with Gasteiger partial charge in [0.15, 0.2) is 0 Å². The number of nitrogens with one attached hydrogen (secondary N) is 1. The van der Waals surface area contributed by atoms with Gasteiger partial charge in [-0.05, 0) is 5.92 Å². The number of amides is 1. The highest BCUT2D eigenvalue weighted by Gasteiger charge is 2.01. The molecule has 1 atom stereocenters. The summed E-state index contributed by atoms with van der Waals surface area (Å²) in [5, 5.41) is 3.61. The van der Waals surface area contributed by atoms with Gasteiger partial charge in [0, 0.05) is 18.3 Å². The van der Waals surface area contributed by atoms with Crippen LogP contribution in [0.2, 0.25) is 0 Å². The lowest BCUT2D eigenvalue weighted by molar-refractivity contribution is -0.120. The lowest BCUT2D eigenvalue weighted by Gasteiger charge is -2.08. The topological polar surface area (TPSA) is 29.1 Å². The van der Waals surface area contributed by atoms with Crippen LogP contribution < -0.4 is 5.32 Å². The Hall–Kier alpha value is -0.0500. The van der Waals surface area contributed by atoms with Crippen molar-refractivity contribution in [2.24, 2.45) is 5.92 Å². The largest absolute Gasteiger partial charge is 0.356 e. The van der Waals surface area contributed by atoms with E-state index < -0.39 is 0 Å². The van der Waals surface area contributed by atoms with Gasteiger partial charge in [-0.2, -0.15) is 0 Å². The molecule has 0 aliphatic heterocycles. The number of carbonyl (C=O) groups is 1. The second-order valence-corrected chi connectivity index (χ2v) is 3.55. The average molecular weight is 222 g/mol. The third-order valence-electron chi connectivity index (χ3n) is 1.67. The summed E-state index contributed by atoms with van der Waals surface area (Å²) in [5.41, 5.74) is 0. The van der Waals surface area contributed by atoms with Crippen LogP contribution in [0.1, 0.15) is 26.7 Å². The van der Waals surface area contributed by atoms with Crippen molar-refractivity contribution in [3.05, 3.63) is 0 Å². The van der Waals surface area contributed by atoms with Gasteiger partial charge in [-0.1, -0.05) is 36.2 Å². The summed E-state index contributed by atoms with van der Waals surface area (Å²) in [4.78, 5) is 10.9. The minimum atomic E-state index is 0.141. The van der Waals surface area contributed by atoms with E-state index in [-0.39, 0.29) is 5.91 Å². The molecule has 0 aromatic heterocycles. The molecule has 66 valence electrons. The number of rotatable bonds is 5. The standard InChI is InChI=1S/C8H16BrNO/c1-3-7(2)6-10-8(11)4-5-9/h7H,3-6H2,1-2H3,(H,10,11). The maximum atomic E-state index is 10.9. The fraction of sp³-hybridized carbons (Fsp3) is 0.875. The Morgan fingerprint density at radius 3 is 2.73 bits per heavy atom. The van der Waals surface area contributed by atoms with Crippen LogP contribution in [0.4, 0.5) is 0 Å². The lowest BCUT2D eigenvalue weighted by atomic mass is 10.1. The Morgan fingerprint density at radius 1 is 1.64 bits per heavy atom. The van der Waals surface area contributed by atoms with Crippen LogP contribution in [0.5, 0.6) is 0 Å². The van der Waals surface area contributed by atoms with Crippen LogP contribution in [0.15, 0.2) is 0 Å². The van der Waals surface area contributed by atoms with Gasteiger partial charge in [0.25, 0.3) is 0 Å². The van der Waals surface area contributed by atoms with Gasteiger partial charge in [0.1, 0.15) is 0 Å². The van der Waals surface area contributed by atoms with E-state index in [9.17, 15) is 4.79 Å². The first kappa shape index (κ1) is 11.0. The fourth-order valence-electron chi connectivity index (χ4n) is 0.607. The van der Waals surface area contributed by atoms with Gasteiger partial charge >= 0.3 is 0 Å². The molecule has 0 aromatic carbocycles. The van der Waals surface area contributed by atoms with Crippen molar-refractivity contribution in [3.63, 3.8) is 0 Å². The van der Waals surface area contributed by atoms with Gasteiger partial charge in [-0.15, -0.1) is 0 Å². The predicted molar refractivity (Wildman–Crippen MR) is 50.9 cm³/mol. The molecule has 1 amide bonds. The SMILES string of the molecule is CCC(C)CNC(=O)CCBr. The number of halogens is 1. The minimum Gasteiger partial charge on any atom is -0.356 e. The zero-order chi connectivity index (χ0) is 8.69. The van der Waals surface area contributed by atoms with Crippen molar-refractivity contribution in [1.29, 1.82) is 0 Å². The van der Waals surface area contributed by atoms with Crippen LogP contribution in [-0.2, 0) is 4.79 Å². The van der Waals surface area contributed by atoms with E-state index in [2.05, 4.69) is 35.1 Å². The van der Waals surface area contributed by atoms with Gasteiger partial charge in [0.05, 0.1) is 0 Å². The van der Waals surface area contributed by atoms with Gasteiger partial charge in [0.2, 0.25) is 5.91 Å². The second-order valence-electron chi connectivity index (χ2n) is 2.76. The van der Waals surface area contributed by atoms with Crippen molar-refractivity contribution >= 4 is 21.8 Å². The van der Waals surface area contributed by atoms with Crippen LogP contribution in [0, 0.1) is 5.92 Å². The summed E-state index contributed by atoms with van der Waals surface area (Å²) >= 11 is 3.21. The van der Waals surface area contributed by atoms with Crippen LogP contribution in [0.25, 0.3) is 0 Å². The van der Waals surface area contributed by atoms with Crippen LogP contribution in [0.3, 0.4) is 0 Å². The fourth-order valence-corrected chi connectivity index (χ4v) is 0.967. The second kappa shape index (κ2) is 6.65. The first-order valence-corrected chi connectivity index (χ1v) is 5.15. The predicted octanol–water partition coefficient (Wildman–Crippen LogP) is 1.93. The van der Waals surface area contributed by atoms with Gasteiger partial charge < -0.3 is 5.32 Å². The molecule has 0 radical (unpaired) electrons. The number of hydrogen-bond acceptors (Lipinski definition) is 1. The summed E-state index contributed by atoms with van der Waals surface area (Å²) in [7, 11) is 0. The first-order chi connectivity index (χ1) is 5.20. The molecule has 0 fully saturated rings. The number of hydrogen-bond donors (Lipinski definition) is 1. The summed E-state index contributed by atoms with van der Waals surface area (Å²) in [6.07, 6.45) is 1.70. The van der Waals surface area contributed by atoms with Crippen molar-refractivity contribution in [3.8, 4) is 0 Å². The molecule has 0 aliphatic rings. The molecule has 0 spiro atoms. The molecule has 3 heteroatoms. The quantitative estimate of drug-likeness (QED) is 0.707. The molecular weight excluding hydrogens is 206 g/mol. The highest BCUT2D eigenvalue weighted by molar-refractivity contribution is 9.09. The Kier molecular flexibility index (Phi) is 6.62. The van der Waals surface area contributed by atoms with Crippen LogP contribution >= 0.6 is 15.9 Å². The molecule has 0 rings (SSSR count). The third-order valence-corrected chi connectivity index (χ3v) is 2.06. The Balaban J connectivity index is 3.30. The Bertz CT molecular complexity index is 117. The molecule has 1 unspecified atom stereocenters. The van der Waals surface area contributed by atoms with E-state index in [0.29, 0.717) is 12.3 Å². The van der Waals surface area contributed by atoms with Gasteiger partial charge in [-0.25, -0.2) is 0 Å². The molecule has 0 bridgehead atoms. The van der Waals surface area contributed by atoms with Gasteiger partial charge in [-0.3, -0.25) is 4.79 Å². The summed E-state index contributed by atoms with van der Waals surface area (Å²) in [6, 6.07) is 0. The van der Waals surface area contributed by atoms with Crippen LogP contribution in [-0.4, -0.2) is 17.8 Å². The average Bonchev–Trinajstić information content (AvgIpc) is 2.01. The van der Waals surface area contributed by atoms with E-state index in [1.165, 1.54) is 0 Å². The first-order valence-electron chi connectivity index (χ1n) is 4.03. The van der Waals surface area contributed by atoms with Crippen molar-refractivity contribution < 1.29 is 4.79 Å². The Labute approximate surface area is 76.9 Å². The summed E-state index contributed by atoms with van der Waals surface area (Å²) < 4.78 is 0. The summed E-state index contributed by atoms with van der Waals surface area (Å²) in [5.74, 6) is 0.733. The molecule has 1 N–H and O–H groups in total. The number of alkyl halides is 1. The third kappa shape index (κ3) is 6.35. The Morgan fingerprint density at radius 2 is 2.27 bits per heavy atom. The van der Waals surface area contributed by atoms with Crippen molar-refractivity contribution in [1.82, 2.24) is 5.32 Å². The molecule has 11 heavy (non-hydrogen) atoms. The molecule has 0 saturated heterocycles. The minimum absolute atomic E-state index is 0.141. The van der Waals surface area contributed by atoms with E-state index in [1.54, 1.807) is 0 Å². The lowest BCUT2D eigenvalue weighted by Crippen LogP contribution is -2.27. The molecule has 0 heterocycles. The zero-order valence-electron chi connectivity index (χ0n) is 7.19. The van der Waals surface area contributed by atoms with E-state index in [0.717, 1.165) is 18.3 Å². The van der Waals surface area contributed by atoms with E-state index >= 15 is 0 Å². The molecule has 0 aromatic rings. The maximum absolute atomic E-state index is 10.9. The normalized spacial score (nSPS) is 12.6. The maximum Gasteiger partial charge on any atom is 0.220 e. The van der Waals surface area contributed by atoms with Crippen molar-refractivity contribution in [2.75, 3.05) is 11.9 Å². The molecule has 0 saturated carbocycles. The van der Waals surface area contributed by atoms with E-state index in [1.807, 2.05) is 0 Å². The molecular formula is C8H16BrNO. The monoisotopic (exact) mass is 221 g/mol. The smallest absolute Gasteiger partial charge is 0.220 e. The molecule has 0 aliphatic carbocycles. The zero-order valence-corrected chi connectivity index (χ0v) is 8.78. The molecule has 2 nitrogen and oxygen atoms in total. The van der Waals surface area contributed by atoms with Crippen molar-refractivity contribution in [2.45, 2.75) is 26.7 Å². The number of carbonyl (C=O) groups excluding carboxylic acids is 1. The highest BCUT2D eigenvalue weighted by atomic mass is 79.9. The summed E-state index contributed by atoms with van der Waals surface area (Å²) in [6.45, 7) is 5.07.